The van der Waals surface area contributed by atoms with Crippen LogP contribution in [-0.2, 0) is 24.6 Å². The van der Waals surface area contributed by atoms with Gasteiger partial charge in [-0.3, -0.25) is 0 Å². The van der Waals surface area contributed by atoms with Crippen LogP contribution < -0.4 is 5.73 Å². The maximum Gasteiger partial charge on any atom is 0.142 e. The van der Waals surface area contributed by atoms with E-state index in [9.17, 15) is 0 Å². The van der Waals surface area contributed by atoms with Crippen molar-refractivity contribution in [3.63, 3.8) is 0 Å². The number of nitrogens with zero attached hydrogens (tertiary/aromatic N) is 2. The lowest BCUT2D eigenvalue weighted by Gasteiger charge is -2.06. The molecule has 0 amide bonds. The maximum atomic E-state index is 5.77. The molecule has 3 aromatic rings. The smallest absolute Gasteiger partial charge is 0.142 e. The van der Waals surface area contributed by atoms with Crippen molar-refractivity contribution >= 4 is 11.0 Å². The lowest BCUT2D eigenvalue weighted by molar-refractivity contribution is 0.0664. The first-order valence-corrected chi connectivity index (χ1v) is 6.63. The summed E-state index contributed by atoms with van der Waals surface area (Å²) in [6.07, 6.45) is 3.80. The highest BCUT2D eigenvalue weighted by Gasteiger charge is 2.07. The number of hydrogen-bond acceptors (Lipinski definition) is 3. The Hall–Kier alpha value is -2.17. The fraction of sp³-hybridized carbons (Fsp3) is 0.188. The third kappa shape index (κ3) is 2.57. The van der Waals surface area contributed by atoms with E-state index in [2.05, 4.69) is 17.1 Å². The summed E-state index contributed by atoms with van der Waals surface area (Å²) >= 11 is 0. The van der Waals surface area contributed by atoms with Crippen LogP contribution in [0, 0.1) is 0 Å². The van der Waals surface area contributed by atoms with Crippen molar-refractivity contribution in [1.82, 2.24) is 9.55 Å². The average molecular weight is 267 g/mol. The monoisotopic (exact) mass is 267 g/mol. The topological polar surface area (TPSA) is 53.1 Å². The summed E-state index contributed by atoms with van der Waals surface area (Å²) in [5.41, 5.74) is 8.94. The normalized spacial score (nSPS) is 11.1. The lowest BCUT2D eigenvalue weighted by Crippen LogP contribution is -2.02. The first kappa shape index (κ1) is 12.8. The Kier molecular flexibility index (Phi) is 3.76. The SMILES string of the molecule is NCc1cn(COCc2ccccc2)c2ncccc12. The number of nitrogens with two attached hydrogens (primary N) is 1. The first-order chi connectivity index (χ1) is 9.88. The molecule has 0 saturated heterocycles. The summed E-state index contributed by atoms with van der Waals surface area (Å²) in [5.74, 6) is 0. The van der Waals surface area contributed by atoms with E-state index in [4.69, 9.17) is 10.5 Å². The van der Waals surface area contributed by atoms with Gasteiger partial charge in [0.1, 0.15) is 12.4 Å². The molecule has 0 bridgehead atoms. The van der Waals surface area contributed by atoms with Crippen LogP contribution in [0.5, 0.6) is 0 Å². The molecule has 0 unspecified atom stereocenters. The van der Waals surface area contributed by atoms with Gasteiger partial charge in [0, 0.05) is 24.3 Å². The van der Waals surface area contributed by atoms with E-state index in [0.29, 0.717) is 19.9 Å². The summed E-state index contributed by atoms with van der Waals surface area (Å²) in [7, 11) is 0. The van der Waals surface area contributed by atoms with E-state index in [-0.39, 0.29) is 0 Å². The second kappa shape index (κ2) is 5.86. The van der Waals surface area contributed by atoms with Crippen molar-refractivity contribution in [3.05, 3.63) is 66.0 Å². The van der Waals surface area contributed by atoms with Gasteiger partial charge in [-0.05, 0) is 23.3 Å². The molecular formula is C16H17N3O. The van der Waals surface area contributed by atoms with Crippen molar-refractivity contribution in [1.29, 1.82) is 0 Å². The quantitative estimate of drug-likeness (QED) is 0.773. The molecule has 0 fully saturated rings. The molecule has 1 aromatic carbocycles. The molecule has 0 radical (unpaired) electrons. The second-order valence-electron chi connectivity index (χ2n) is 4.67. The van der Waals surface area contributed by atoms with Gasteiger partial charge in [-0.2, -0.15) is 0 Å². The predicted octanol–water partition coefficient (Wildman–Crippen LogP) is 2.67. The minimum Gasteiger partial charge on any atom is -0.356 e. The number of benzene rings is 1. The Bertz CT molecular complexity index is 691. The number of pyridine rings is 1. The summed E-state index contributed by atoms with van der Waals surface area (Å²) < 4.78 is 7.75. The van der Waals surface area contributed by atoms with Gasteiger partial charge >= 0.3 is 0 Å². The van der Waals surface area contributed by atoms with Gasteiger partial charge in [0.25, 0.3) is 0 Å². The number of rotatable bonds is 5. The molecule has 0 atom stereocenters. The maximum absolute atomic E-state index is 5.77. The summed E-state index contributed by atoms with van der Waals surface area (Å²) in [5, 5.41) is 1.10. The van der Waals surface area contributed by atoms with Crippen LogP contribution in [0.3, 0.4) is 0 Å². The van der Waals surface area contributed by atoms with Gasteiger partial charge in [-0.25, -0.2) is 4.98 Å². The van der Waals surface area contributed by atoms with Crippen molar-refractivity contribution in [2.75, 3.05) is 0 Å². The van der Waals surface area contributed by atoms with E-state index >= 15 is 0 Å². The zero-order chi connectivity index (χ0) is 13.8. The largest absolute Gasteiger partial charge is 0.356 e. The molecule has 102 valence electrons. The predicted molar refractivity (Wildman–Crippen MR) is 78.9 cm³/mol. The minimum absolute atomic E-state index is 0.475. The molecule has 2 aromatic heterocycles. The van der Waals surface area contributed by atoms with Crippen LogP contribution in [0.15, 0.2) is 54.9 Å². The van der Waals surface area contributed by atoms with Gasteiger partial charge in [0.05, 0.1) is 6.61 Å². The van der Waals surface area contributed by atoms with Crippen LogP contribution in [-0.4, -0.2) is 9.55 Å². The molecule has 2 heterocycles. The Morgan fingerprint density at radius 2 is 1.95 bits per heavy atom. The number of fused-ring (bicyclic) bond motifs is 1. The molecule has 2 N–H and O–H groups in total. The highest BCUT2D eigenvalue weighted by molar-refractivity contribution is 5.80. The van der Waals surface area contributed by atoms with Gasteiger partial charge < -0.3 is 15.0 Å². The molecule has 4 heteroatoms. The Labute approximate surface area is 117 Å². The molecular weight excluding hydrogens is 250 g/mol. The molecule has 4 nitrogen and oxygen atoms in total. The first-order valence-electron chi connectivity index (χ1n) is 6.63. The molecule has 20 heavy (non-hydrogen) atoms. The third-order valence-electron chi connectivity index (χ3n) is 3.28. The molecule has 0 saturated carbocycles. The standard InChI is InChI=1S/C16H17N3O/c17-9-14-10-19(16-15(14)7-4-8-18-16)12-20-11-13-5-2-1-3-6-13/h1-8,10H,9,11-12,17H2. The van der Waals surface area contributed by atoms with Crippen LogP contribution in [0.25, 0.3) is 11.0 Å². The van der Waals surface area contributed by atoms with E-state index in [1.54, 1.807) is 6.20 Å². The number of ether oxygens (including phenoxy) is 1. The van der Waals surface area contributed by atoms with Crippen molar-refractivity contribution in [2.24, 2.45) is 5.73 Å². The van der Waals surface area contributed by atoms with Crippen molar-refractivity contribution in [2.45, 2.75) is 19.9 Å². The van der Waals surface area contributed by atoms with Gasteiger partial charge in [-0.1, -0.05) is 30.3 Å². The van der Waals surface area contributed by atoms with Gasteiger partial charge in [0.15, 0.2) is 0 Å². The molecule has 0 aliphatic carbocycles. The summed E-state index contributed by atoms with van der Waals surface area (Å²) in [6.45, 7) is 1.57. The lowest BCUT2D eigenvalue weighted by atomic mass is 10.2. The molecule has 0 aliphatic rings. The molecule has 0 aliphatic heterocycles. The highest BCUT2D eigenvalue weighted by atomic mass is 16.5. The summed E-state index contributed by atoms with van der Waals surface area (Å²) in [4.78, 5) is 4.40. The minimum atomic E-state index is 0.475. The zero-order valence-electron chi connectivity index (χ0n) is 11.2. The Morgan fingerprint density at radius 1 is 1.10 bits per heavy atom. The number of hydrogen-bond donors (Lipinski definition) is 1. The Morgan fingerprint density at radius 3 is 2.75 bits per heavy atom. The van der Waals surface area contributed by atoms with E-state index in [1.807, 2.05) is 41.1 Å². The summed E-state index contributed by atoms with van der Waals surface area (Å²) in [6, 6.07) is 14.1. The van der Waals surface area contributed by atoms with Crippen LogP contribution in [0.1, 0.15) is 11.1 Å². The highest BCUT2D eigenvalue weighted by Crippen LogP contribution is 2.19. The van der Waals surface area contributed by atoms with Gasteiger partial charge in [0.2, 0.25) is 0 Å². The van der Waals surface area contributed by atoms with Gasteiger partial charge in [-0.15, -0.1) is 0 Å². The molecule has 0 spiro atoms. The zero-order valence-corrected chi connectivity index (χ0v) is 11.2. The number of aromatic nitrogens is 2. The fourth-order valence-electron chi connectivity index (χ4n) is 2.29. The van der Waals surface area contributed by atoms with E-state index in [1.165, 1.54) is 0 Å². The van der Waals surface area contributed by atoms with Crippen LogP contribution in [0.4, 0.5) is 0 Å². The molecule has 3 rings (SSSR count). The van der Waals surface area contributed by atoms with E-state index in [0.717, 1.165) is 22.2 Å². The van der Waals surface area contributed by atoms with Crippen molar-refractivity contribution in [3.8, 4) is 0 Å². The van der Waals surface area contributed by atoms with Crippen molar-refractivity contribution < 1.29 is 4.74 Å². The Balaban J connectivity index is 1.74. The van der Waals surface area contributed by atoms with E-state index < -0.39 is 0 Å². The fourth-order valence-corrected chi connectivity index (χ4v) is 2.29. The van der Waals surface area contributed by atoms with Crippen LogP contribution >= 0.6 is 0 Å². The second-order valence-corrected chi connectivity index (χ2v) is 4.67. The third-order valence-corrected chi connectivity index (χ3v) is 3.28. The average Bonchev–Trinajstić information content (AvgIpc) is 2.87. The van der Waals surface area contributed by atoms with Crippen LogP contribution in [0.2, 0.25) is 0 Å².